The minimum absolute atomic E-state index is 0. The van der Waals surface area contributed by atoms with Crippen LogP contribution in [0.25, 0.3) is 33.1 Å². The highest BCUT2D eigenvalue weighted by Gasteiger charge is 2.26. The van der Waals surface area contributed by atoms with Crippen LogP contribution in [0.3, 0.4) is 0 Å². The fourth-order valence-electron chi connectivity index (χ4n) is 5.97. The molecule has 2 aromatic heterocycles. The number of nitrogens with zero attached hydrogens (tertiary/aromatic N) is 4. The lowest BCUT2D eigenvalue weighted by atomic mass is 9.88. The van der Waals surface area contributed by atoms with Crippen LogP contribution < -0.4 is 0 Å². The third-order valence-electron chi connectivity index (χ3n) is 8.26. The van der Waals surface area contributed by atoms with E-state index in [2.05, 4.69) is 34.2 Å². The van der Waals surface area contributed by atoms with Crippen molar-refractivity contribution in [1.29, 1.82) is 0 Å². The van der Waals surface area contributed by atoms with Crippen LogP contribution in [0, 0.1) is 11.6 Å². The van der Waals surface area contributed by atoms with Gasteiger partial charge in [0.1, 0.15) is 28.9 Å². The highest BCUT2D eigenvalue weighted by molar-refractivity contribution is 5.86. The maximum atomic E-state index is 16.0. The van der Waals surface area contributed by atoms with Crippen molar-refractivity contribution in [3.8, 4) is 16.9 Å². The number of halogens is 3. The second-order valence-electron chi connectivity index (χ2n) is 10.9. The predicted octanol–water partition coefficient (Wildman–Crippen LogP) is 7.43. The Morgan fingerprint density at radius 1 is 0.952 bits per heavy atom. The number of fused-ring (bicyclic) bond motifs is 2. The molecule has 0 spiro atoms. The molecule has 1 aliphatic rings. The number of imidazole rings is 1. The highest BCUT2D eigenvalue weighted by atomic mass is 35.5. The van der Waals surface area contributed by atoms with Crippen molar-refractivity contribution in [2.24, 2.45) is 0 Å². The van der Waals surface area contributed by atoms with Gasteiger partial charge in [0.05, 0.1) is 11.0 Å². The third-order valence-corrected chi connectivity index (χ3v) is 8.26. The molecule has 42 heavy (non-hydrogen) atoms. The van der Waals surface area contributed by atoms with Gasteiger partial charge in [0.2, 0.25) is 0 Å². The van der Waals surface area contributed by atoms with Crippen LogP contribution in [0.1, 0.15) is 41.8 Å². The standard InChI is InChI=1S/C33H29F2N5O.ClH/c1-39-16-14-21(15-17-39)20-6-8-22(9-7-20)25-12-10-23-19-40(38-31(23)30(25)35)32(26-18-24(34)11-13-29(26)41)33-36-27-4-2-3-5-28(27)37-33;/h2-13,18-19,21,32,41H,14-17H2,1H3,(H,36,37);1H. The van der Waals surface area contributed by atoms with Gasteiger partial charge in [0.25, 0.3) is 0 Å². The van der Waals surface area contributed by atoms with Crippen molar-refractivity contribution in [3.05, 3.63) is 114 Å². The van der Waals surface area contributed by atoms with Crippen molar-refractivity contribution in [1.82, 2.24) is 24.6 Å². The Morgan fingerprint density at radius 2 is 1.71 bits per heavy atom. The van der Waals surface area contributed by atoms with Crippen LogP contribution in [0.2, 0.25) is 0 Å². The zero-order valence-corrected chi connectivity index (χ0v) is 23.8. The topological polar surface area (TPSA) is 70.0 Å². The van der Waals surface area contributed by atoms with Crippen LogP contribution >= 0.6 is 12.4 Å². The second-order valence-corrected chi connectivity index (χ2v) is 10.9. The van der Waals surface area contributed by atoms with E-state index < -0.39 is 17.7 Å². The van der Waals surface area contributed by atoms with Gasteiger partial charge in [-0.15, -0.1) is 12.4 Å². The molecule has 1 saturated heterocycles. The normalized spacial score (nSPS) is 15.2. The highest BCUT2D eigenvalue weighted by Crippen LogP contribution is 2.36. The van der Waals surface area contributed by atoms with Gasteiger partial charge in [-0.3, -0.25) is 4.68 Å². The Kier molecular flexibility index (Phi) is 7.43. The number of para-hydroxylation sites is 2. The molecule has 1 aliphatic heterocycles. The molecule has 214 valence electrons. The first-order chi connectivity index (χ1) is 19.9. The Balaban J connectivity index is 0.00000316. The van der Waals surface area contributed by atoms with Crippen LogP contribution in [0.5, 0.6) is 5.75 Å². The number of aromatic nitrogens is 4. The van der Waals surface area contributed by atoms with E-state index in [4.69, 9.17) is 4.98 Å². The van der Waals surface area contributed by atoms with Crippen molar-refractivity contribution in [2.45, 2.75) is 24.8 Å². The summed E-state index contributed by atoms with van der Waals surface area (Å²) in [5, 5.41) is 16.0. The van der Waals surface area contributed by atoms with Gasteiger partial charge in [-0.05, 0) is 80.4 Å². The first-order valence-electron chi connectivity index (χ1n) is 13.8. The van der Waals surface area contributed by atoms with Gasteiger partial charge < -0.3 is 15.0 Å². The summed E-state index contributed by atoms with van der Waals surface area (Å²) in [5.74, 6) is -0.0714. The summed E-state index contributed by atoms with van der Waals surface area (Å²) in [6.45, 7) is 2.17. The van der Waals surface area contributed by atoms with Crippen LogP contribution in [0.15, 0.2) is 85.1 Å². The number of phenolic OH excluding ortho intramolecular Hbond substituents is 1. The third kappa shape index (κ3) is 5.01. The molecule has 2 N–H and O–H groups in total. The molecule has 1 atom stereocenters. The van der Waals surface area contributed by atoms with Gasteiger partial charge in [0.15, 0.2) is 5.82 Å². The minimum Gasteiger partial charge on any atom is -0.508 e. The monoisotopic (exact) mass is 585 g/mol. The van der Waals surface area contributed by atoms with Crippen LogP contribution in [0.4, 0.5) is 8.78 Å². The number of aromatic hydroxyl groups is 1. The summed E-state index contributed by atoms with van der Waals surface area (Å²) >= 11 is 0. The van der Waals surface area contributed by atoms with E-state index in [1.165, 1.54) is 28.4 Å². The summed E-state index contributed by atoms with van der Waals surface area (Å²) < 4.78 is 31.9. The molecule has 6 nitrogen and oxygen atoms in total. The summed E-state index contributed by atoms with van der Waals surface area (Å²) in [5.41, 5.74) is 4.51. The molecule has 4 aromatic carbocycles. The Bertz CT molecular complexity index is 1840. The summed E-state index contributed by atoms with van der Waals surface area (Å²) in [7, 11) is 2.15. The maximum absolute atomic E-state index is 16.0. The van der Waals surface area contributed by atoms with Crippen molar-refractivity contribution in [3.63, 3.8) is 0 Å². The molecule has 7 rings (SSSR count). The fraction of sp³-hybridized carbons (Fsp3) is 0.212. The number of phenols is 1. The predicted molar refractivity (Wildman–Crippen MR) is 163 cm³/mol. The van der Waals surface area contributed by atoms with Gasteiger partial charge in [-0.25, -0.2) is 13.8 Å². The quantitative estimate of drug-likeness (QED) is 0.221. The smallest absolute Gasteiger partial charge is 0.159 e. The zero-order valence-electron chi connectivity index (χ0n) is 23.0. The number of aromatic amines is 1. The number of rotatable bonds is 5. The van der Waals surface area contributed by atoms with Crippen molar-refractivity contribution in [2.75, 3.05) is 20.1 Å². The molecule has 1 unspecified atom stereocenters. The molecule has 3 heterocycles. The van der Waals surface area contributed by atoms with E-state index in [-0.39, 0.29) is 29.2 Å². The molecule has 0 radical (unpaired) electrons. The largest absolute Gasteiger partial charge is 0.508 e. The Hall–Kier alpha value is -4.27. The molecular weight excluding hydrogens is 556 g/mol. The van der Waals surface area contributed by atoms with Gasteiger partial charge in [0, 0.05) is 22.7 Å². The molecule has 0 saturated carbocycles. The van der Waals surface area contributed by atoms with Crippen LogP contribution in [-0.4, -0.2) is 49.9 Å². The van der Waals surface area contributed by atoms with E-state index >= 15 is 4.39 Å². The van der Waals surface area contributed by atoms with E-state index in [9.17, 15) is 9.50 Å². The average molecular weight is 586 g/mol. The summed E-state index contributed by atoms with van der Waals surface area (Å²) in [4.78, 5) is 10.3. The first kappa shape index (κ1) is 27.9. The number of likely N-dealkylation sites (tertiary alicyclic amines) is 1. The van der Waals surface area contributed by atoms with Crippen molar-refractivity contribution < 1.29 is 13.9 Å². The van der Waals surface area contributed by atoms with E-state index in [1.54, 1.807) is 12.3 Å². The summed E-state index contributed by atoms with van der Waals surface area (Å²) in [6.07, 6.45) is 3.95. The molecular formula is C33H30ClF2N5O. The summed E-state index contributed by atoms with van der Waals surface area (Å²) in [6, 6.07) is 22.2. The Morgan fingerprint density at radius 3 is 2.48 bits per heavy atom. The molecule has 0 bridgehead atoms. The number of piperidine rings is 1. The zero-order chi connectivity index (χ0) is 28.1. The van der Waals surface area contributed by atoms with E-state index in [0.717, 1.165) is 42.5 Å². The minimum atomic E-state index is -0.817. The number of H-pyrrole nitrogens is 1. The van der Waals surface area contributed by atoms with Gasteiger partial charge in [-0.1, -0.05) is 48.5 Å². The molecule has 6 aromatic rings. The van der Waals surface area contributed by atoms with E-state index in [0.29, 0.717) is 22.7 Å². The molecule has 0 amide bonds. The number of nitrogens with one attached hydrogen (secondary N) is 1. The van der Waals surface area contributed by atoms with Gasteiger partial charge >= 0.3 is 0 Å². The first-order valence-corrected chi connectivity index (χ1v) is 13.8. The lowest BCUT2D eigenvalue weighted by Gasteiger charge is -2.29. The Labute approximate surface area is 248 Å². The maximum Gasteiger partial charge on any atom is 0.159 e. The molecule has 9 heteroatoms. The molecule has 1 fully saturated rings. The average Bonchev–Trinajstić information content (AvgIpc) is 3.61. The SMILES string of the molecule is CN1CCC(c2ccc(-c3ccc4cn(C(c5nc6ccccc6[nH]5)c5cc(F)ccc5O)nc4c3F)cc2)CC1.Cl. The lowest BCUT2D eigenvalue weighted by molar-refractivity contribution is 0.255. The number of benzene rings is 4. The van der Waals surface area contributed by atoms with Gasteiger partial charge in [-0.2, -0.15) is 5.10 Å². The van der Waals surface area contributed by atoms with E-state index in [1.807, 2.05) is 42.5 Å². The fourth-order valence-corrected chi connectivity index (χ4v) is 5.97. The number of hydrogen-bond acceptors (Lipinski definition) is 4. The molecule has 0 aliphatic carbocycles. The number of hydrogen-bond donors (Lipinski definition) is 2. The van der Waals surface area contributed by atoms with Crippen LogP contribution in [-0.2, 0) is 0 Å². The lowest BCUT2D eigenvalue weighted by Crippen LogP contribution is -2.29. The van der Waals surface area contributed by atoms with Crippen molar-refractivity contribution >= 4 is 34.3 Å². The second kappa shape index (κ2) is 11.2.